The van der Waals surface area contributed by atoms with Crippen molar-refractivity contribution in [3.63, 3.8) is 0 Å². The van der Waals surface area contributed by atoms with Gasteiger partial charge in [0.1, 0.15) is 17.4 Å². The number of carbonyl (C=O) groups excluding carboxylic acids is 1. The summed E-state index contributed by atoms with van der Waals surface area (Å²) >= 11 is 1.54. The van der Waals surface area contributed by atoms with Crippen molar-refractivity contribution in [2.24, 2.45) is 0 Å². The predicted molar refractivity (Wildman–Crippen MR) is 126 cm³/mol. The molecule has 3 heterocycles. The van der Waals surface area contributed by atoms with Crippen LogP contribution in [0.5, 0.6) is 17.2 Å². The van der Waals surface area contributed by atoms with Gasteiger partial charge in [0.2, 0.25) is 12.7 Å². The van der Waals surface area contributed by atoms with Crippen molar-refractivity contribution in [3.8, 4) is 17.2 Å². The van der Waals surface area contributed by atoms with Crippen LogP contribution in [-0.4, -0.2) is 53.7 Å². The minimum absolute atomic E-state index is 0.133. The maximum atomic E-state index is 12.8. The quantitative estimate of drug-likeness (QED) is 0.531. The van der Waals surface area contributed by atoms with E-state index in [1.54, 1.807) is 0 Å². The highest BCUT2D eigenvalue weighted by Crippen LogP contribution is 2.32. The summed E-state index contributed by atoms with van der Waals surface area (Å²) < 4.78 is 16.7. The largest absolute Gasteiger partial charge is 0.486 e. The van der Waals surface area contributed by atoms with Crippen LogP contribution in [0.15, 0.2) is 47.8 Å². The fourth-order valence-electron chi connectivity index (χ4n) is 4.00. The van der Waals surface area contributed by atoms with E-state index in [1.807, 2.05) is 53.6 Å². The third kappa shape index (κ3) is 5.46. The van der Waals surface area contributed by atoms with E-state index in [1.165, 1.54) is 22.5 Å². The van der Waals surface area contributed by atoms with Gasteiger partial charge in [0.15, 0.2) is 11.5 Å². The van der Waals surface area contributed by atoms with Crippen LogP contribution in [0, 0.1) is 6.92 Å². The molecule has 0 atom stereocenters. The summed E-state index contributed by atoms with van der Waals surface area (Å²) in [5.41, 5.74) is 3.21. The number of amides is 1. The normalized spacial score (nSPS) is 15.6. The van der Waals surface area contributed by atoms with Gasteiger partial charge >= 0.3 is 0 Å². The van der Waals surface area contributed by atoms with Gasteiger partial charge in [-0.15, -0.1) is 11.3 Å². The highest BCUT2D eigenvalue weighted by molar-refractivity contribution is 7.09. The molecule has 2 aliphatic heterocycles. The number of carbonyl (C=O) groups is 1. The maximum absolute atomic E-state index is 12.8. The Morgan fingerprint density at radius 2 is 1.85 bits per heavy atom. The number of aromatic nitrogens is 1. The van der Waals surface area contributed by atoms with Gasteiger partial charge in [-0.25, -0.2) is 4.98 Å². The number of aryl methyl sites for hydroxylation is 1. The first-order chi connectivity index (χ1) is 16.1. The Labute approximate surface area is 197 Å². The molecule has 1 aromatic heterocycles. The van der Waals surface area contributed by atoms with Gasteiger partial charge in [0.05, 0.1) is 12.1 Å². The lowest BCUT2D eigenvalue weighted by Crippen LogP contribution is -2.48. The zero-order valence-corrected chi connectivity index (χ0v) is 19.5. The number of nitrogens with zero attached hydrogens (tertiary/aromatic N) is 3. The van der Waals surface area contributed by atoms with Gasteiger partial charge in [-0.05, 0) is 36.8 Å². The van der Waals surface area contributed by atoms with Gasteiger partial charge in [-0.1, -0.05) is 23.8 Å². The van der Waals surface area contributed by atoms with E-state index in [9.17, 15) is 4.79 Å². The number of rotatable bonds is 7. The van der Waals surface area contributed by atoms with E-state index in [2.05, 4.69) is 16.0 Å². The van der Waals surface area contributed by atoms with E-state index in [0.717, 1.165) is 60.7 Å². The molecule has 0 spiro atoms. The minimum atomic E-state index is 0.133. The van der Waals surface area contributed by atoms with Gasteiger partial charge in [0, 0.05) is 38.1 Å². The van der Waals surface area contributed by atoms with Crippen LogP contribution in [0.3, 0.4) is 0 Å². The third-order valence-corrected chi connectivity index (χ3v) is 6.75. The molecule has 0 bridgehead atoms. The summed E-state index contributed by atoms with van der Waals surface area (Å²) in [6.07, 6.45) is 0.337. The monoisotopic (exact) mass is 465 g/mol. The fourth-order valence-corrected chi connectivity index (χ4v) is 4.70. The fraction of sp³-hybridized carbons (Fsp3) is 0.360. The smallest absolute Gasteiger partial charge is 0.231 e. The number of fused-ring (bicyclic) bond motifs is 1. The lowest BCUT2D eigenvalue weighted by molar-refractivity contribution is -0.132. The predicted octanol–water partition coefficient (Wildman–Crippen LogP) is 3.65. The molecule has 0 N–H and O–H groups in total. The molecule has 2 aromatic carbocycles. The first-order valence-corrected chi connectivity index (χ1v) is 12.0. The number of hydrogen-bond acceptors (Lipinski definition) is 7. The average molecular weight is 466 g/mol. The summed E-state index contributed by atoms with van der Waals surface area (Å²) in [5, 5.41) is 2.84. The zero-order valence-electron chi connectivity index (χ0n) is 18.7. The summed E-state index contributed by atoms with van der Waals surface area (Å²) in [5.74, 6) is 2.58. The molecule has 172 valence electrons. The summed E-state index contributed by atoms with van der Waals surface area (Å²) in [7, 11) is 0. The molecular formula is C25H27N3O4S. The van der Waals surface area contributed by atoms with Crippen LogP contribution in [0.25, 0.3) is 0 Å². The molecule has 0 aliphatic carbocycles. The summed E-state index contributed by atoms with van der Waals surface area (Å²) in [4.78, 5) is 21.7. The second kappa shape index (κ2) is 9.80. The van der Waals surface area contributed by atoms with Crippen molar-refractivity contribution >= 4 is 17.2 Å². The van der Waals surface area contributed by atoms with Crippen molar-refractivity contribution in [2.75, 3.05) is 33.0 Å². The van der Waals surface area contributed by atoms with E-state index < -0.39 is 0 Å². The Balaban J connectivity index is 1.07. The molecule has 5 rings (SSSR count). The molecule has 1 amide bonds. The molecule has 2 aliphatic rings. The van der Waals surface area contributed by atoms with Crippen LogP contribution >= 0.6 is 11.3 Å². The summed E-state index contributed by atoms with van der Waals surface area (Å²) in [6, 6.07) is 14.0. The SMILES string of the molecule is Cc1ccc(OCc2nc(CC(=O)N3CCN(Cc4ccc5c(c4)OCO5)CC3)cs2)cc1. The molecule has 8 heteroatoms. The van der Waals surface area contributed by atoms with E-state index >= 15 is 0 Å². The minimum Gasteiger partial charge on any atom is -0.486 e. The highest BCUT2D eigenvalue weighted by atomic mass is 32.1. The van der Waals surface area contributed by atoms with Gasteiger partial charge in [-0.2, -0.15) is 0 Å². The van der Waals surface area contributed by atoms with Gasteiger partial charge < -0.3 is 19.1 Å². The molecule has 0 radical (unpaired) electrons. The van der Waals surface area contributed by atoms with E-state index in [4.69, 9.17) is 14.2 Å². The summed E-state index contributed by atoms with van der Waals surface area (Å²) in [6.45, 7) is 6.77. The van der Waals surface area contributed by atoms with Crippen molar-refractivity contribution in [1.82, 2.24) is 14.8 Å². The topological polar surface area (TPSA) is 64.1 Å². The standard InChI is InChI=1S/C25H27N3O4S/c1-18-2-5-21(6-3-18)30-15-24-26-20(16-33-24)13-25(29)28-10-8-27(9-11-28)14-19-4-7-22-23(12-19)32-17-31-22/h2-7,12,16H,8-11,13-15,17H2,1H3. The van der Waals surface area contributed by atoms with Crippen LogP contribution in [-0.2, 0) is 24.4 Å². The Hall–Kier alpha value is -3.10. The number of thiazole rings is 1. The van der Waals surface area contributed by atoms with E-state index in [0.29, 0.717) is 19.8 Å². The molecular weight excluding hydrogens is 438 g/mol. The molecule has 1 fully saturated rings. The number of ether oxygens (including phenoxy) is 3. The Kier molecular flexibility index (Phi) is 6.46. The second-order valence-electron chi connectivity index (χ2n) is 8.36. The number of hydrogen-bond donors (Lipinski definition) is 0. The van der Waals surface area contributed by atoms with E-state index in [-0.39, 0.29) is 5.91 Å². The first kappa shape index (κ1) is 21.7. The lowest BCUT2D eigenvalue weighted by atomic mass is 10.1. The molecule has 0 saturated carbocycles. The number of piperazine rings is 1. The average Bonchev–Trinajstić information content (AvgIpc) is 3.48. The van der Waals surface area contributed by atoms with Gasteiger partial charge in [-0.3, -0.25) is 9.69 Å². The first-order valence-electron chi connectivity index (χ1n) is 11.1. The Bertz CT molecular complexity index is 1110. The van der Waals surface area contributed by atoms with Crippen molar-refractivity contribution in [1.29, 1.82) is 0 Å². The molecule has 1 saturated heterocycles. The molecule has 0 unspecified atom stereocenters. The second-order valence-corrected chi connectivity index (χ2v) is 9.30. The van der Waals surface area contributed by atoms with Gasteiger partial charge in [0.25, 0.3) is 0 Å². The molecule has 7 nitrogen and oxygen atoms in total. The van der Waals surface area contributed by atoms with Crippen LogP contribution < -0.4 is 14.2 Å². The van der Waals surface area contributed by atoms with Crippen LogP contribution in [0.4, 0.5) is 0 Å². The number of benzene rings is 2. The van der Waals surface area contributed by atoms with Crippen molar-refractivity contribution < 1.29 is 19.0 Å². The lowest BCUT2D eigenvalue weighted by Gasteiger charge is -2.34. The maximum Gasteiger partial charge on any atom is 0.231 e. The van der Waals surface area contributed by atoms with Crippen molar-refractivity contribution in [2.45, 2.75) is 26.5 Å². The third-order valence-electron chi connectivity index (χ3n) is 5.88. The molecule has 33 heavy (non-hydrogen) atoms. The van der Waals surface area contributed by atoms with Crippen LogP contribution in [0.1, 0.15) is 21.8 Å². The highest BCUT2D eigenvalue weighted by Gasteiger charge is 2.23. The Morgan fingerprint density at radius 1 is 1.06 bits per heavy atom. The van der Waals surface area contributed by atoms with Crippen molar-refractivity contribution in [3.05, 3.63) is 69.7 Å². The zero-order chi connectivity index (χ0) is 22.6. The molecule has 3 aromatic rings. The Morgan fingerprint density at radius 3 is 2.67 bits per heavy atom. The van der Waals surface area contributed by atoms with Crippen LogP contribution in [0.2, 0.25) is 0 Å².